The first-order valence-corrected chi connectivity index (χ1v) is 9.45. The molecule has 0 saturated carbocycles. The topological polar surface area (TPSA) is 37.4 Å². The minimum absolute atomic E-state index is 0.0968. The number of rotatable bonds is 4. The fourth-order valence-electron chi connectivity index (χ4n) is 3.17. The molecule has 2 aromatic carbocycles. The summed E-state index contributed by atoms with van der Waals surface area (Å²) in [5.74, 6) is 0. The Labute approximate surface area is 145 Å². The molecule has 1 atom stereocenters. The lowest BCUT2D eigenvalue weighted by molar-refractivity contribution is -0.137. The number of sulfonamides is 1. The van der Waals surface area contributed by atoms with Gasteiger partial charge in [-0.15, -0.1) is 0 Å². The van der Waals surface area contributed by atoms with E-state index in [1.165, 1.54) is 4.31 Å². The van der Waals surface area contributed by atoms with Crippen molar-refractivity contribution in [2.45, 2.75) is 36.4 Å². The predicted octanol–water partition coefficient (Wildman–Crippen LogP) is 4.10. The van der Waals surface area contributed by atoms with Crippen LogP contribution in [0.4, 0.5) is 13.2 Å². The van der Waals surface area contributed by atoms with Gasteiger partial charge in [-0.05, 0) is 49.1 Å². The second kappa shape index (κ2) is 6.80. The third kappa shape index (κ3) is 3.88. The molecule has 0 bridgehead atoms. The first-order chi connectivity index (χ1) is 11.8. The standard InChI is InChI=1S/C18H18F3NO2S/c19-18(20,21)15-8-10-17(11-9-15)25(23,24)22-12-4-7-16(22)13-14-5-2-1-3-6-14/h1-3,5-6,8-11,16H,4,7,12-13H2. The van der Waals surface area contributed by atoms with Crippen molar-refractivity contribution in [1.82, 2.24) is 4.31 Å². The highest BCUT2D eigenvalue weighted by molar-refractivity contribution is 7.89. The highest BCUT2D eigenvalue weighted by atomic mass is 32.2. The molecule has 7 heteroatoms. The molecule has 1 heterocycles. The van der Waals surface area contributed by atoms with E-state index in [9.17, 15) is 21.6 Å². The normalized spacial score (nSPS) is 19.2. The quantitative estimate of drug-likeness (QED) is 0.814. The molecule has 1 unspecified atom stereocenters. The van der Waals surface area contributed by atoms with Crippen molar-refractivity contribution in [3.8, 4) is 0 Å². The summed E-state index contributed by atoms with van der Waals surface area (Å²) in [6.45, 7) is 0.390. The van der Waals surface area contributed by atoms with E-state index in [-0.39, 0.29) is 10.9 Å². The summed E-state index contributed by atoms with van der Waals surface area (Å²) < 4.78 is 65.1. The maximum atomic E-state index is 12.8. The van der Waals surface area contributed by atoms with Crippen molar-refractivity contribution in [3.63, 3.8) is 0 Å². The largest absolute Gasteiger partial charge is 0.416 e. The second-order valence-electron chi connectivity index (χ2n) is 6.12. The number of benzene rings is 2. The minimum Gasteiger partial charge on any atom is -0.207 e. The molecule has 0 spiro atoms. The molecule has 1 aliphatic heterocycles. The molecule has 1 saturated heterocycles. The minimum atomic E-state index is -4.48. The molecule has 3 nitrogen and oxygen atoms in total. The Bertz CT molecular complexity index is 818. The van der Waals surface area contributed by atoms with Crippen LogP contribution in [0.3, 0.4) is 0 Å². The number of halogens is 3. The lowest BCUT2D eigenvalue weighted by Gasteiger charge is -2.24. The lowest BCUT2D eigenvalue weighted by atomic mass is 10.1. The van der Waals surface area contributed by atoms with Gasteiger partial charge in [0.25, 0.3) is 0 Å². The maximum absolute atomic E-state index is 12.8. The summed E-state index contributed by atoms with van der Waals surface area (Å²) in [5.41, 5.74) is 0.190. The average molecular weight is 369 g/mol. The van der Waals surface area contributed by atoms with Crippen molar-refractivity contribution in [2.24, 2.45) is 0 Å². The Balaban J connectivity index is 1.83. The van der Waals surface area contributed by atoms with E-state index < -0.39 is 21.8 Å². The zero-order valence-corrected chi connectivity index (χ0v) is 14.2. The van der Waals surface area contributed by atoms with Crippen LogP contribution in [-0.2, 0) is 22.6 Å². The SMILES string of the molecule is O=S(=O)(c1ccc(C(F)(F)F)cc1)N1CCCC1Cc1ccccc1. The molecule has 25 heavy (non-hydrogen) atoms. The molecule has 1 aliphatic rings. The number of alkyl halides is 3. The van der Waals surface area contributed by atoms with Gasteiger partial charge in [0.15, 0.2) is 0 Å². The van der Waals surface area contributed by atoms with E-state index >= 15 is 0 Å². The molecule has 1 fully saturated rings. The van der Waals surface area contributed by atoms with E-state index in [1.807, 2.05) is 30.3 Å². The van der Waals surface area contributed by atoms with Gasteiger partial charge in [0.1, 0.15) is 0 Å². The van der Waals surface area contributed by atoms with Crippen LogP contribution in [0, 0.1) is 0 Å². The summed E-state index contributed by atoms with van der Waals surface area (Å²) in [6.07, 6.45) is -2.39. The van der Waals surface area contributed by atoms with Crippen LogP contribution in [0.2, 0.25) is 0 Å². The van der Waals surface area contributed by atoms with Crippen molar-refractivity contribution in [3.05, 3.63) is 65.7 Å². The zero-order chi connectivity index (χ0) is 18.1. The van der Waals surface area contributed by atoms with Gasteiger partial charge in [0.2, 0.25) is 10.0 Å². The number of hydrogen-bond acceptors (Lipinski definition) is 2. The zero-order valence-electron chi connectivity index (χ0n) is 13.4. The molecule has 0 N–H and O–H groups in total. The molecular weight excluding hydrogens is 351 g/mol. The number of nitrogens with zero attached hydrogens (tertiary/aromatic N) is 1. The van der Waals surface area contributed by atoms with Gasteiger partial charge in [-0.2, -0.15) is 17.5 Å². The molecule has 0 radical (unpaired) electrons. The molecule has 0 amide bonds. The Kier molecular flexibility index (Phi) is 4.88. The van der Waals surface area contributed by atoms with Gasteiger partial charge >= 0.3 is 6.18 Å². The van der Waals surface area contributed by atoms with Crippen LogP contribution >= 0.6 is 0 Å². The van der Waals surface area contributed by atoms with Crippen molar-refractivity contribution in [1.29, 1.82) is 0 Å². The first-order valence-electron chi connectivity index (χ1n) is 8.01. The number of hydrogen-bond donors (Lipinski definition) is 0. The fraction of sp³-hybridized carbons (Fsp3) is 0.333. The molecule has 3 rings (SSSR count). The first kappa shape index (κ1) is 17.9. The molecular formula is C18H18F3NO2S. The van der Waals surface area contributed by atoms with Gasteiger partial charge in [0, 0.05) is 12.6 Å². The maximum Gasteiger partial charge on any atom is 0.416 e. The summed E-state index contributed by atoms with van der Waals surface area (Å²) in [7, 11) is -3.80. The van der Waals surface area contributed by atoms with Gasteiger partial charge in [-0.25, -0.2) is 8.42 Å². The molecule has 0 aromatic heterocycles. The van der Waals surface area contributed by atoms with Crippen LogP contribution < -0.4 is 0 Å². The van der Waals surface area contributed by atoms with Crippen LogP contribution in [-0.4, -0.2) is 25.3 Å². The van der Waals surface area contributed by atoms with Crippen LogP contribution in [0.5, 0.6) is 0 Å². The van der Waals surface area contributed by atoms with E-state index in [1.54, 1.807) is 0 Å². The monoisotopic (exact) mass is 369 g/mol. The van der Waals surface area contributed by atoms with Gasteiger partial charge in [-0.3, -0.25) is 0 Å². The van der Waals surface area contributed by atoms with E-state index in [0.29, 0.717) is 13.0 Å². The highest BCUT2D eigenvalue weighted by Crippen LogP contribution is 2.32. The van der Waals surface area contributed by atoms with Crippen LogP contribution in [0.15, 0.2) is 59.5 Å². The molecule has 0 aliphatic carbocycles. The predicted molar refractivity (Wildman–Crippen MR) is 88.5 cm³/mol. The highest BCUT2D eigenvalue weighted by Gasteiger charge is 2.36. The second-order valence-corrected chi connectivity index (χ2v) is 8.01. The summed E-state index contributed by atoms with van der Waals surface area (Å²) in [6, 6.07) is 13.1. The fourth-order valence-corrected chi connectivity index (χ4v) is 4.86. The van der Waals surface area contributed by atoms with Crippen molar-refractivity contribution >= 4 is 10.0 Å². The third-order valence-electron chi connectivity index (χ3n) is 4.43. The lowest BCUT2D eigenvalue weighted by Crippen LogP contribution is -2.36. The van der Waals surface area contributed by atoms with Gasteiger partial charge < -0.3 is 0 Å². The Morgan fingerprint density at radius 2 is 1.64 bits per heavy atom. The van der Waals surface area contributed by atoms with E-state index in [0.717, 1.165) is 42.7 Å². The van der Waals surface area contributed by atoms with Crippen LogP contribution in [0.25, 0.3) is 0 Å². The smallest absolute Gasteiger partial charge is 0.207 e. The average Bonchev–Trinajstić information content (AvgIpc) is 3.04. The molecule has 2 aromatic rings. The summed E-state index contributed by atoms with van der Waals surface area (Å²) >= 11 is 0. The Hall–Kier alpha value is -1.86. The summed E-state index contributed by atoms with van der Waals surface area (Å²) in [5, 5.41) is 0. The van der Waals surface area contributed by atoms with Crippen molar-refractivity contribution in [2.75, 3.05) is 6.54 Å². The van der Waals surface area contributed by atoms with Gasteiger partial charge in [0.05, 0.1) is 10.5 Å². The third-order valence-corrected chi connectivity index (χ3v) is 6.39. The van der Waals surface area contributed by atoms with Gasteiger partial charge in [-0.1, -0.05) is 30.3 Å². The Morgan fingerprint density at radius 1 is 1.00 bits per heavy atom. The van der Waals surface area contributed by atoms with Crippen LogP contribution in [0.1, 0.15) is 24.0 Å². The van der Waals surface area contributed by atoms with E-state index in [4.69, 9.17) is 0 Å². The van der Waals surface area contributed by atoms with Crippen molar-refractivity contribution < 1.29 is 21.6 Å². The molecule has 134 valence electrons. The Morgan fingerprint density at radius 3 is 2.24 bits per heavy atom. The van der Waals surface area contributed by atoms with E-state index in [2.05, 4.69) is 0 Å². The summed E-state index contributed by atoms with van der Waals surface area (Å²) in [4.78, 5) is -0.0968.